The fourth-order valence-electron chi connectivity index (χ4n) is 5.01. The van der Waals surface area contributed by atoms with Crippen molar-refractivity contribution in [2.45, 2.75) is 44.3 Å². The van der Waals surface area contributed by atoms with Crippen LogP contribution in [-0.2, 0) is 10.7 Å². The van der Waals surface area contributed by atoms with E-state index in [0.29, 0.717) is 29.3 Å². The van der Waals surface area contributed by atoms with Crippen molar-refractivity contribution in [2.75, 3.05) is 52.9 Å². The summed E-state index contributed by atoms with van der Waals surface area (Å²) in [5.74, 6) is 2.98. The number of ether oxygens (including phenoxy) is 1. The van der Waals surface area contributed by atoms with Gasteiger partial charge in [0.05, 0.1) is 5.56 Å². The van der Waals surface area contributed by atoms with E-state index in [0.717, 1.165) is 52.1 Å². The molecule has 1 aromatic carbocycles. The van der Waals surface area contributed by atoms with Crippen LogP contribution in [0.15, 0.2) is 59.3 Å². The topological polar surface area (TPSA) is 154 Å². The molecule has 0 unspecified atom stereocenters. The highest BCUT2D eigenvalue weighted by Gasteiger charge is 2.32. The van der Waals surface area contributed by atoms with E-state index in [1.807, 2.05) is 0 Å². The molecule has 0 radical (unpaired) electrons. The number of hydrogen-bond donors (Lipinski definition) is 7. The third-order valence-corrected chi connectivity index (χ3v) is 7.49. The Morgan fingerprint density at radius 1 is 1.15 bits per heavy atom. The van der Waals surface area contributed by atoms with E-state index in [-0.39, 0.29) is 17.1 Å². The number of aliphatic hydroxyl groups is 3. The van der Waals surface area contributed by atoms with Gasteiger partial charge >= 0.3 is 5.97 Å². The first kappa shape index (κ1) is 30.6. The number of benzene rings is 1. The second-order valence-corrected chi connectivity index (χ2v) is 11.3. The van der Waals surface area contributed by atoms with Crippen molar-refractivity contribution in [3.63, 3.8) is 0 Å². The van der Waals surface area contributed by atoms with Gasteiger partial charge in [0.15, 0.2) is 5.76 Å². The molecule has 41 heavy (non-hydrogen) atoms. The highest BCUT2D eigenvalue weighted by atomic mass is 16.8. The van der Waals surface area contributed by atoms with Crippen LogP contribution in [0.5, 0.6) is 0 Å². The Kier molecular flexibility index (Phi) is 9.76. The molecule has 11 heteroatoms. The molecule has 2 fully saturated rings. The highest BCUT2D eigenvalue weighted by Crippen LogP contribution is 2.27. The maximum absolute atomic E-state index is 10.8. The molecule has 11 nitrogen and oxygen atoms in total. The van der Waals surface area contributed by atoms with E-state index in [1.54, 1.807) is 38.3 Å². The predicted molar refractivity (Wildman–Crippen MR) is 158 cm³/mol. The molecular formula is C30H43N7O4. The van der Waals surface area contributed by atoms with Crippen molar-refractivity contribution < 1.29 is 20.1 Å². The van der Waals surface area contributed by atoms with Gasteiger partial charge in [0.2, 0.25) is 0 Å². The Morgan fingerprint density at radius 3 is 2.51 bits per heavy atom. The lowest BCUT2D eigenvalue weighted by molar-refractivity contribution is -0.331. The van der Waals surface area contributed by atoms with E-state index in [1.165, 1.54) is 18.3 Å². The summed E-state index contributed by atoms with van der Waals surface area (Å²) in [6.45, 7) is 9.79. The lowest BCUT2D eigenvalue weighted by atomic mass is 10.0. The lowest BCUT2D eigenvalue weighted by Crippen LogP contribution is -2.53. The van der Waals surface area contributed by atoms with Crippen LogP contribution < -0.4 is 16.5 Å². The predicted octanol–water partition coefficient (Wildman–Crippen LogP) is 0.328. The molecule has 0 aromatic heterocycles. The Labute approximate surface area is 242 Å². The number of hydrazine groups is 1. The van der Waals surface area contributed by atoms with Crippen LogP contribution in [0.4, 0.5) is 0 Å². The molecule has 1 aromatic rings. The van der Waals surface area contributed by atoms with Gasteiger partial charge in [0.25, 0.3) is 0 Å². The number of rotatable bonds is 8. The molecule has 0 atom stereocenters. The van der Waals surface area contributed by atoms with Crippen molar-refractivity contribution in [1.29, 1.82) is 5.41 Å². The number of piperidine rings is 1. The zero-order chi connectivity index (χ0) is 29.6. The SMILES string of the molecule is CN1CCN(C2CCN(N/C=C(\C=N)C3=CC(OC(O)(O)c4cccc(C#CC(C)(C)O)c4)=C(N)NC3)CC2)CC1. The standard InChI is InChI=1S/C30H43N7O4/c1-29(2,38)10-7-22-5-4-6-25(17-22)30(39,40)41-27-18-23(20-33-28(27)32)24(19-31)21-34-37-11-8-26(9-12-37)36-15-13-35(3)14-16-36/h4-6,17-19,21,26,31,33-34,38-40H,8-9,11-16,20,32H2,1-3H3/b24-21+,31-19?. The highest BCUT2D eigenvalue weighted by molar-refractivity contribution is 5.82. The van der Waals surface area contributed by atoms with E-state index >= 15 is 0 Å². The van der Waals surface area contributed by atoms with Gasteiger partial charge < -0.3 is 46.8 Å². The summed E-state index contributed by atoms with van der Waals surface area (Å²) in [7, 11) is 2.17. The van der Waals surface area contributed by atoms with Crippen LogP contribution in [-0.4, -0.2) is 101 Å². The summed E-state index contributed by atoms with van der Waals surface area (Å²) < 4.78 is 5.56. The number of hydrogen-bond acceptors (Lipinski definition) is 11. The summed E-state index contributed by atoms with van der Waals surface area (Å²) in [6.07, 6.45) is 6.80. The van der Waals surface area contributed by atoms with Crippen molar-refractivity contribution >= 4 is 6.21 Å². The van der Waals surface area contributed by atoms with Gasteiger partial charge in [-0.15, -0.1) is 0 Å². The summed E-state index contributed by atoms with van der Waals surface area (Å²) in [5, 5.41) is 44.6. The van der Waals surface area contributed by atoms with Crippen molar-refractivity contribution in [3.8, 4) is 11.8 Å². The molecule has 0 spiro atoms. The van der Waals surface area contributed by atoms with Gasteiger partial charge in [-0.3, -0.25) is 4.90 Å². The van der Waals surface area contributed by atoms with E-state index in [2.05, 4.69) is 44.4 Å². The number of nitrogens with two attached hydrogens (primary N) is 1. The number of nitrogens with one attached hydrogen (secondary N) is 3. The molecule has 8 N–H and O–H groups in total. The number of piperazine rings is 1. The number of dihydropyridines is 1. The number of nitrogens with zero attached hydrogens (tertiary/aromatic N) is 3. The Hall–Kier alpha value is -3.37. The molecule has 3 aliphatic heterocycles. The first-order chi connectivity index (χ1) is 19.4. The summed E-state index contributed by atoms with van der Waals surface area (Å²) in [4.78, 5) is 4.98. The normalized spacial score (nSPS) is 20.5. The van der Waals surface area contributed by atoms with Crippen molar-refractivity contribution in [1.82, 2.24) is 25.6 Å². The third-order valence-electron chi connectivity index (χ3n) is 7.49. The smallest absolute Gasteiger partial charge is 0.351 e. The van der Waals surface area contributed by atoms with Crippen LogP contribution in [0, 0.1) is 17.3 Å². The molecule has 3 heterocycles. The average Bonchev–Trinajstić information content (AvgIpc) is 2.94. The largest absolute Gasteiger partial charge is 0.432 e. The lowest BCUT2D eigenvalue weighted by Gasteiger charge is -2.42. The molecule has 0 bridgehead atoms. The Morgan fingerprint density at radius 2 is 1.85 bits per heavy atom. The quantitative estimate of drug-likeness (QED) is 0.133. The first-order valence-corrected chi connectivity index (χ1v) is 14.0. The van der Waals surface area contributed by atoms with Crippen molar-refractivity contribution in [3.05, 3.63) is 70.4 Å². The molecular weight excluding hydrogens is 522 g/mol. The van der Waals surface area contributed by atoms with E-state index in [4.69, 9.17) is 15.9 Å². The van der Waals surface area contributed by atoms with Gasteiger partial charge in [-0.2, -0.15) is 0 Å². The van der Waals surface area contributed by atoms with Gasteiger partial charge in [-0.1, -0.05) is 17.9 Å². The van der Waals surface area contributed by atoms with Gasteiger partial charge in [-0.25, -0.2) is 5.01 Å². The second-order valence-electron chi connectivity index (χ2n) is 11.3. The van der Waals surface area contributed by atoms with E-state index in [9.17, 15) is 15.3 Å². The minimum absolute atomic E-state index is 0.0324. The molecule has 2 saturated heterocycles. The molecule has 4 rings (SSSR count). The zero-order valence-electron chi connectivity index (χ0n) is 24.2. The average molecular weight is 566 g/mol. The van der Waals surface area contributed by atoms with Crippen LogP contribution in [0.2, 0.25) is 0 Å². The number of allylic oxidation sites excluding steroid dienone is 1. The van der Waals surface area contributed by atoms with Crippen LogP contribution in [0.1, 0.15) is 37.8 Å². The van der Waals surface area contributed by atoms with E-state index < -0.39 is 11.6 Å². The first-order valence-electron chi connectivity index (χ1n) is 14.0. The van der Waals surface area contributed by atoms with Gasteiger partial charge in [0.1, 0.15) is 11.4 Å². The van der Waals surface area contributed by atoms with Gasteiger partial charge in [-0.05, 0) is 63.6 Å². The fraction of sp³-hybridized carbons (Fsp3) is 0.500. The maximum atomic E-state index is 10.8. The summed E-state index contributed by atoms with van der Waals surface area (Å²) in [5.41, 5.74) is 10.1. The molecule has 0 aliphatic carbocycles. The number of likely N-dealkylation sites (N-methyl/N-ethyl adjacent to an activating group) is 1. The Bertz CT molecular complexity index is 1240. The molecule has 3 aliphatic rings. The van der Waals surface area contributed by atoms with Gasteiger partial charge in [0, 0.05) is 75.4 Å². The molecule has 0 amide bonds. The minimum atomic E-state index is -2.70. The third kappa shape index (κ3) is 8.56. The van der Waals surface area contributed by atoms with Crippen molar-refractivity contribution in [2.24, 2.45) is 5.73 Å². The minimum Gasteiger partial charge on any atom is -0.432 e. The zero-order valence-corrected chi connectivity index (χ0v) is 24.2. The summed E-state index contributed by atoms with van der Waals surface area (Å²) >= 11 is 0. The molecule has 0 saturated carbocycles. The monoisotopic (exact) mass is 565 g/mol. The summed E-state index contributed by atoms with van der Waals surface area (Å²) in [6, 6.07) is 6.87. The Balaban J connectivity index is 1.39. The van der Waals surface area contributed by atoms with Crippen LogP contribution in [0.3, 0.4) is 0 Å². The van der Waals surface area contributed by atoms with Crippen LogP contribution >= 0.6 is 0 Å². The second kappa shape index (κ2) is 13.1. The maximum Gasteiger partial charge on any atom is 0.351 e. The molecule has 222 valence electrons. The van der Waals surface area contributed by atoms with Crippen LogP contribution in [0.25, 0.3) is 0 Å². The fourth-order valence-corrected chi connectivity index (χ4v) is 5.01.